The third-order valence-electron chi connectivity index (χ3n) is 10.5. The molecule has 0 bridgehead atoms. The van der Waals surface area contributed by atoms with Crippen LogP contribution in [-0.2, 0) is 9.53 Å². The molecule has 8 atom stereocenters. The second-order valence-corrected chi connectivity index (χ2v) is 11.7. The lowest BCUT2D eigenvalue weighted by molar-refractivity contribution is -0.141. The summed E-state index contributed by atoms with van der Waals surface area (Å²) in [6, 6.07) is 0. The molecule has 1 N–H and O–H groups in total. The van der Waals surface area contributed by atoms with Crippen molar-refractivity contribution in [2.45, 2.75) is 98.0 Å². The van der Waals surface area contributed by atoms with Crippen molar-refractivity contribution < 1.29 is 14.6 Å². The smallest absolute Gasteiger partial charge is 0.305 e. The summed E-state index contributed by atoms with van der Waals surface area (Å²) in [6.45, 7) is 9.89. The largest absolute Gasteiger partial charge is 0.469 e. The van der Waals surface area contributed by atoms with E-state index in [9.17, 15) is 9.90 Å². The Kier molecular flexibility index (Phi) is 5.46. The molecule has 164 valence electrons. The first kappa shape index (κ1) is 21.4. The van der Waals surface area contributed by atoms with E-state index in [4.69, 9.17) is 4.74 Å². The summed E-state index contributed by atoms with van der Waals surface area (Å²) < 4.78 is 4.88. The molecule has 0 radical (unpaired) electrons. The van der Waals surface area contributed by atoms with Crippen LogP contribution in [0.4, 0.5) is 0 Å². The highest BCUT2D eigenvalue weighted by molar-refractivity contribution is 5.69. The highest BCUT2D eigenvalue weighted by Gasteiger charge is 2.60. The molecule has 0 aliphatic heterocycles. The lowest BCUT2D eigenvalue weighted by Crippen LogP contribution is -2.53. The second-order valence-electron chi connectivity index (χ2n) is 11.7. The fourth-order valence-electron chi connectivity index (χ4n) is 8.48. The number of rotatable bonds is 4. The zero-order valence-corrected chi connectivity index (χ0v) is 19.3. The Hall–Kier alpha value is -0.830. The number of aliphatic hydroxyl groups is 1. The Bertz CT molecular complexity index is 683. The van der Waals surface area contributed by atoms with Crippen molar-refractivity contribution in [2.75, 3.05) is 7.11 Å². The summed E-state index contributed by atoms with van der Waals surface area (Å²) in [5, 5.41) is 10.4. The van der Waals surface area contributed by atoms with Gasteiger partial charge in [0.1, 0.15) is 0 Å². The topological polar surface area (TPSA) is 46.5 Å². The van der Waals surface area contributed by atoms with Gasteiger partial charge in [0, 0.05) is 6.42 Å². The monoisotopic (exact) mass is 402 g/mol. The van der Waals surface area contributed by atoms with E-state index in [0.717, 1.165) is 37.5 Å². The molecule has 0 saturated heterocycles. The van der Waals surface area contributed by atoms with Gasteiger partial charge in [-0.3, -0.25) is 4.79 Å². The number of ether oxygens (including phenoxy) is 1. The van der Waals surface area contributed by atoms with Crippen molar-refractivity contribution >= 4 is 5.97 Å². The number of hydrogen-bond acceptors (Lipinski definition) is 3. The third kappa shape index (κ3) is 3.22. The molecule has 0 aromatic rings. The van der Waals surface area contributed by atoms with Crippen molar-refractivity contribution in [3.63, 3.8) is 0 Å². The maximum Gasteiger partial charge on any atom is 0.305 e. The number of aliphatic hydroxyl groups excluding tert-OH is 1. The van der Waals surface area contributed by atoms with Gasteiger partial charge in [-0.2, -0.15) is 0 Å². The standard InChI is InChI=1S/C26H42O3/c1-17(6-9-23(28)29-5)20-7-8-21-19-11-13-24(2)16-18(27)10-15-26(24,4)22(19)12-14-25(20,21)3/h12,17-21,27H,6-11,13-16H2,1-5H3/t17-,18-,19?,20?,21?,24-,25?,26-/m1/s1. The van der Waals surface area contributed by atoms with Crippen LogP contribution in [0.5, 0.6) is 0 Å². The molecule has 29 heavy (non-hydrogen) atoms. The third-order valence-corrected chi connectivity index (χ3v) is 10.5. The van der Waals surface area contributed by atoms with Crippen LogP contribution in [0.15, 0.2) is 11.6 Å². The van der Waals surface area contributed by atoms with Crippen LogP contribution in [0.25, 0.3) is 0 Å². The van der Waals surface area contributed by atoms with Crippen molar-refractivity contribution in [3.8, 4) is 0 Å². The van der Waals surface area contributed by atoms with E-state index in [1.165, 1.54) is 39.2 Å². The number of methoxy groups -OCH3 is 1. The Labute approximate surface area is 177 Å². The number of esters is 1. The van der Waals surface area contributed by atoms with Crippen molar-refractivity contribution in [3.05, 3.63) is 11.6 Å². The van der Waals surface area contributed by atoms with Crippen LogP contribution in [0.2, 0.25) is 0 Å². The predicted octanol–water partition coefficient (Wildman–Crippen LogP) is 5.91. The van der Waals surface area contributed by atoms with Crippen LogP contribution >= 0.6 is 0 Å². The highest BCUT2D eigenvalue weighted by atomic mass is 16.5. The molecule has 0 spiro atoms. The summed E-state index contributed by atoms with van der Waals surface area (Å²) in [5.41, 5.74) is 2.66. The zero-order valence-electron chi connectivity index (χ0n) is 19.3. The summed E-state index contributed by atoms with van der Waals surface area (Å²) >= 11 is 0. The number of allylic oxidation sites excluding steroid dienone is 2. The van der Waals surface area contributed by atoms with Gasteiger partial charge in [0.25, 0.3) is 0 Å². The molecule has 3 heteroatoms. The molecule has 4 rings (SSSR count). The number of carbonyl (C=O) groups excluding carboxylic acids is 1. The quantitative estimate of drug-likeness (QED) is 0.470. The minimum Gasteiger partial charge on any atom is -0.469 e. The molecule has 4 aliphatic rings. The first-order chi connectivity index (χ1) is 13.6. The Morgan fingerprint density at radius 2 is 1.97 bits per heavy atom. The molecule has 0 aromatic carbocycles. The summed E-state index contributed by atoms with van der Waals surface area (Å²) in [4.78, 5) is 11.7. The lowest BCUT2D eigenvalue weighted by Gasteiger charge is -2.61. The minimum atomic E-state index is -0.106. The fourth-order valence-corrected chi connectivity index (χ4v) is 8.48. The van der Waals surface area contributed by atoms with Crippen LogP contribution in [-0.4, -0.2) is 24.3 Å². The molecule has 4 unspecified atom stereocenters. The van der Waals surface area contributed by atoms with Gasteiger partial charge in [-0.05, 0) is 97.7 Å². The van der Waals surface area contributed by atoms with Crippen LogP contribution < -0.4 is 0 Å². The Balaban J connectivity index is 1.57. The van der Waals surface area contributed by atoms with Gasteiger partial charge in [0.15, 0.2) is 0 Å². The molecule has 0 amide bonds. The van der Waals surface area contributed by atoms with Gasteiger partial charge in [-0.1, -0.05) is 39.3 Å². The number of fused-ring (bicyclic) bond motifs is 5. The second kappa shape index (κ2) is 7.39. The maximum absolute atomic E-state index is 11.7. The summed E-state index contributed by atoms with van der Waals surface area (Å²) in [7, 11) is 1.50. The van der Waals surface area contributed by atoms with Gasteiger partial charge in [-0.25, -0.2) is 0 Å². The van der Waals surface area contributed by atoms with Gasteiger partial charge >= 0.3 is 5.97 Å². The fraction of sp³-hybridized carbons (Fsp3) is 0.885. The molecule has 3 fully saturated rings. The average Bonchev–Trinajstić information content (AvgIpc) is 3.04. The SMILES string of the molecule is COC(=O)CC[C@@H](C)C1CCC2C3CC[C@]4(C)C[C@H](O)CC[C@]4(C)C3=CCC21C. The Morgan fingerprint density at radius 3 is 2.69 bits per heavy atom. The van der Waals surface area contributed by atoms with E-state index >= 15 is 0 Å². The maximum atomic E-state index is 11.7. The van der Waals surface area contributed by atoms with E-state index < -0.39 is 0 Å². The Morgan fingerprint density at radius 1 is 1.21 bits per heavy atom. The molecular weight excluding hydrogens is 360 g/mol. The zero-order chi connectivity index (χ0) is 21.0. The molecule has 0 aromatic heterocycles. The van der Waals surface area contributed by atoms with Gasteiger partial charge in [-0.15, -0.1) is 0 Å². The van der Waals surface area contributed by atoms with E-state index in [0.29, 0.717) is 23.7 Å². The van der Waals surface area contributed by atoms with Crippen LogP contribution in [0, 0.1) is 39.9 Å². The molecule has 4 aliphatic carbocycles. The lowest BCUT2D eigenvalue weighted by atomic mass is 9.43. The van der Waals surface area contributed by atoms with Crippen LogP contribution in [0.1, 0.15) is 91.9 Å². The normalized spacial score (nSPS) is 47.4. The van der Waals surface area contributed by atoms with E-state index in [-0.39, 0.29) is 22.9 Å². The van der Waals surface area contributed by atoms with Crippen LogP contribution in [0.3, 0.4) is 0 Å². The molecular formula is C26H42O3. The molecule has 3 saturated carbocycles. The first-order valence-electron chi connectivity index (χ1n) is 12.1. The summed E-state index contributed by atoms with van der Waals surface area (Å²) in [6.07, 6.45) is 13.6. The highest BCUT2D eigenvalue weighted by Crippen LogP contribution is 2.69. The number of hydrogen-bond donors (Lipinski definition) is 1. The summed E-state index contributed by atoms with van der Waals surface area (Å²) in [5.74, 6) is 2.75. The molecule has 3 nitrogen and oxygen atoms in total. The van der Waals surface area contributed by atoms with Crippen molar-refractivity contribution in [2.24, 2.45) is 39.9 Å². The van der Waals surface area contributed by atoms with Crippen molar-refractivity contribution in [1.82, 2.24) is 0 Å². The van der Waals surface area contributed by atoms with Gasteiger partial charge in [0.2, 0.25) is 0 Å². The molecule has 0 heterocycles. The number of carbonyl (C=O) groups is 1. The van der Waals surface area contributed by atoms with E-state index in [1.807, 2.05) is 0 Å². The van der Waals surface area contributed by atoms with E-state index in [1.54, 1.807) is 5.57 Å². The van der Waals surface area contributed by atoms with Crippen molar-refractivity contribution in [1.29, 1.82) is 0 Å². The average molecular weight is 403 g/mol. The predicted molar refractivity (Wildman–Crippen MR) is 116 cm³/mol. The van der Waals surface area contributed by atoms with E-state index in [2.05, 4.69) is 33.8 Å². The van der Waals surface area contributed by atoms with Gasteiger partial charge in [0.05, 0.1) is 13.2 Å². The first-order valence-corrected chi connectivity index (χ1v) is 12.1. The van der Waals surface area contributed by atoms with Gasteiger partial charge < -0.3 is 9.84 Å². The minimum absolute atomic E-state index is 0.0682.